The first-order valence-corrected chi connectivity index (χ1v) is 17.7. The topological polar surface area (TPSA) is 145 Å². The van der Waals surface area contributed by atoms with Crippen molar-refractivity contribution in [1.29, 1.82) is 0 Å². The maximum absolute atomic E-state index is 13.8. The largest absolute Gasteiger partial charge is 0.619 e. The van der Waals surface area contributed by atoms with Crippen LogP contribution in [0.5, 0.6) is 23.0 Å². The van der Waals surface area contributed by atoms with Crippen molar-refractivity contribution in [3.05, 3.63) is 80.7 Å². The number of methoxy groups -OCH3 is 1. The Hall–Kier alpha value is -4.08. The van der Waals surface area contributed by atoms with Crippen molar-refractivity contribution in [2.75, 3.05) is 26.5 Å². The quantitative estimate of drug-likeness (QED) is 0.0899. The summed E-state index contributed by atoms with van der Waals surface area (Å²) in [6, 6.07) is 7.07. The van der Waals surface area contributed by atoms with Crippen molar-refractivity contribution in [2.45, 2.75) is 50.9 Å². The molecule has 3 aromatic rings. The van der Waals surface area contributed by atoms with Gasteiger partial charge >= 0.3 is 22.7 Å². The van der Waals surface area contributed by atoms with Crippen LogP contribution in [-0.2, 0) is 26.1 Å². The normalized spacial score (nSPS) is 16.7. The number of hydrogen-bond acceptors (Lipinski definition) is 10. The number of hydrogen-bond donors (Lipinski definition) is 0. The van der Waals surface area contributed by atoms with Gasteiger partial charge in [-0.15, -0.1) is 0 Å². The third-order valence-electron chi connectivity index (χ3n) is 7.87. The Morgan fingerprint density at radius 3 is 2.35 bits per heavy atom. The summed E-state index contributed by atoms with van der Waals surface area (Å²) in [4.78, 5) is 28.8. The first-order valence-electron chi connectivity index (χ1n) is 15.1. The zero-order valence-electron chi connectivity index (χ0n) is 26.3. The number of likely N-dealkylation sites (tertiary alicyclic amines) is 1. The molecule has 1 aromatic heterocycles. The highest BCUT2D eigenvalue weighted by molar-refractivity contribution is 7.86. The maximum Gasteiger partial charge on any atom is 0.387 e. The first-order chi connectivity index (χ1) is 23.2. The van der Waals surface area contributed by atoms with Gasteiger partial charge in [-0.2, -0.15) is 21.9 Å². The number of carbonyl (C=O) groups excluding carboxylic acids is 2. The van der Waals surface area contributed by atoms with Gasteiger partial charge < -0.3 is 33.2 Å². The number of nitrogens with zero attached hydrogens (tertiary/aromatic N) is 2. The van der Waals surface area contributed by atoms with Gasteiger partial charge in [0.05, 0.1) is 20.0 Å². The molecule has 1 saturated heterocycles. The van der Waals surface area contributed by atoms with Crippen LogP contribution in [0.1, 0.15) is 53.3 Å². The monoisotopic (exact) mass is 744 g/mol. The van der Waals surface area contributed by atoms with Crippen molar-refractivity contribution in [2.24, 2.45) is 5.92 Å². The van der Waals surface area contributed by atoms with Gasteiger partial charge in [0.1, 0.15) is 22.2 Å². The number of ether oxygens (including phenoxy) is 4. The number of carbonyl (C=O) groups is 2. The van der Waals surface area contributed by atoms with Gasteiger partial charge in [-0.1, -0.05) is 29.3 Å². The van der Waals surface area contributed by atoms with Crippen molar-refractivity contribution < 1.29 is 54.6 Å². The SMILES string of the molecule is COc1ccc(C(=O)N2CCCC2C(=O)O[C@@H](Cc2c(Cl)c[n+]([O-])cc2Cl)c2ccc(OC(F)F)c(OCC3CC3)c2)cc1OS(C)(=O)=O. The lowest BCUT2D eigenvalue weighted by Gasteiger charge is -2.27. The molecule has 2 heterocycles. The Bertz CT molecular complexity index is 1800. The van der Waals surface area contributed by atoms with Crippen LogP contribution in [-0.4, -0.2) is 64.4 Å². The number of amides is 1. The molecule has 0 radical (unpaired) electrons. The fourth-order valence-corrected chi connectivity index (χ4v) is 6.39. The number of pyridine rings is 1. The van der Waals surface area contributed by atoms with Crippen molar-refractivity contribution in [1.82, 2.24) is 4.90 Å². The molecule has 0 spiro atoms. The molecule has 1 aliphatic carbocycles. The highest BCUT2D eigenvalue weighted by Gasteiger charge is 2.38. The molecule has 12 nitrogen and oxygen atoms in total. The molecular weight excluding hydrogens is 713 g/mol. The van der Waals surface area contributed by atoms with Crippen molar-refractivity contribution >= 4 is 45.2 Å². The Morgan fingerprint density at radius 2 is 1.71 bits per heavy atom. The van der Waals surface area contributed by atoms with E-state index in [0.29, 0.717) is 16.7 Å². The Kier molecular flexibility index (Phi) is 11.2. The molecule has 1 aliphatic heterocycles. The average Bonchev–Trinajstić information content (AvgIpc) is 3.73. The molecule has 2 fully saturated rings. The summed E-state index contributed by atoms with van der Waals surface area (Å²) >= 11 is 12.7. The Labute approximate surface area is 291 Å². The van der Waals surface area contributed by atoms with Crippen molar-refractivity contribution in [3.8, 4) is 23.0 Å². The summed E-state index contributed by atoms with van der Waals surface area (Å²) in [7, 11) is -2.65. The predicted molar refractivity (Wildman–Crippen MR) is 172 cm³/mol. The van der Waals surface area contributed by atoms with E-state index in [0.717, 1.165) is 31.5 Å². The van der Waals surface area contributed by atoms with Crippen LogP contribution in [0.15, 0.2) is 48.8 Å². The summed E-state index contributed by atoms with van der Waals surface area (Å²) in [6.07, 6.45) is 4.33. The number of benzene rings is 2. The summed E-state index contributed by atoms with van der Waals surface area (Å²) in [5, 5.41) is 11.9. The second kappa shape index (κ2) is 15.2. The van der Waals surface area contributed by atoms with Crippen LogP contribution < -0.4 is 23.1 Å². The third-order valence-corrected chi connectivity index (χ3v) is 9.00. The molecule has 1 saturated carbocycles. The molecule has 17 heteroatoms. The minimum absolute atomic E-state index is 0.00398. The van der Waals surface area contributed by atoms with Gasteiger partial charge in [-0.25, -0.2) is 4.79 Å². The Balaban J connectivity index is 1.45. The molecule has 2 atom stereocenters. The summed E-state index contributed by atoms with van der Waals surface area (Å²) < 4.78 is 77.1. The summed E-state index contributed by atoms with van der Waals surface area (Å²) in [5.74, 6) is -1.42. The fourth-order valence-electron chi connectivity index (χ4n) is 5.34. The molecule has 0 bridgehead atoms. The fraction of sp³-hybridized carbons (Fsp3) is 0.406. The number of halogens is 4. The third kappa shape index (κ3) is 9.34. The van der Waals surface area contributed by atoms with Crippen LogP contribution in [0.4, 0.5) is 8.78 Å². The van der Waals surface area contributed by atoms with E-state index in [1.165, 1.54) is 48.4 Å². The number of alkyl halides is 2. The Morgan fingerprint density at radius 1 is 1.02 bits per heavy atom. The number of aromatic nitrogens is 1. The lowest BCUT2D eigenvalue weighted by atomic mass is 10.0. The molecule has 5 rings (SSSR count). The lowest BCUT2D eigenvalue weighted by Crippen LogP contribution is -2.42. The molecule has 49 heavy (non-hydrogen) atoms. The van der Waals surface area contributed by atoms with E-state index in [1.54, 1.807) is 0 Å². The van der Waals surface area contributed by atoms with Crippen LogP contribution in [0.2, 0.25) is 10.0 Å². The molecule has 0 N–H and O–H groups in total. The minimum Gasteiger partial charge on any atom is -0.619 e. The van der Waals surface area contributed by atoms with Gasteiger partial charge in [0, 0.05) is 24.1 Å². The molecule has 264 valence electrons. The van der Waals surface area contributed by atoms with Crippen LogP contribution in [0, 0.1) is 11.1 Å². The molecular formula is C32H32Cl2F2N2O10S. The number of rotatable bonds is 14. The van der Waals surface area contributed by atoms with Gasteiger partial charge in [-0.3, -0.25) is 4.79 Å². The summed E-state index contributed by atoms with van der Waals surface area (Å²) in [6.45, 7) is -2.65. The number of esters is 1. The second-order valence-corrected chi connectivity index (χ2v) is 14.0. The highest BCUT2D eigenvalue weighted by atomic mass is 35.5. The standard InChI is InChI=1S/C32H32Cl2F2N2O10S/c1-44-25-9-8-20(13-29(25)48-49(2,42)43)30(39)38-11-3-4-24(38)31(40)46-27(14-21-22(33)15-37(41)16-23(21)34)19-7-10-26(47-32(35)36)28(12-19)45-17-18-5-6-18/h7-10,12-13,15-16,18,24,27,32H,3-6,11,14,17H2,1-2H3/t24?,27-/m0/s1. The van der Waals surface area contributed by atoms with Crippen LogP contribution in [0.25, 0.3) is 0 Å². The zero-order valence-corrected chi connectivity index (χ0v) is 28.6. The van der Waals surface area contributed by atoms with Crippen LogP contribution in [0.3, 0.4) is 0 Å². The maximum atomic E-state index is 13.8. The molecule has 1 unspecified atom stereocenters. The smallest absolute Gasteiger partial charge is 0.387 e. The van der Waals surface area contributed by atoms with E-state index < -0.39 is 40.8 Å². The van der Waals surface area contributed by atoms with E-state index in [4.69, 9.17) is 41.6 Å². The van der Waals surface area contributed by atoms with E-state index in [9.17, 15) is 32.0 Å². The van der Waals surface area contributed by atoms with E-state index in [1.807, 2.05) is 0 Å². The highest BCUT2D eigenvalue weighted by Crippen LogP contribution is 2.38. The average molecular weight is 746 g/mol. The summed E-state index contributed by atoms with van der Waals surface area (Å²) in [5.41, 5.74) is 0.634. The van der Waals surface area contributed by atoms with Gasteiger partial charge in [0.15, 0.2) is 35.4 Å². The van der Waals surface area contributed by atoms with Gasteiger partial charge in [-0.05, 0) is 67.5 Å². The van der Waals surface area contributed by atoms with E-state index in [2.05, 4.69) is 4.74 Å². The van der Waals surface area contributed by atoms with E-state index in [-0.39, 0.29) is 76.1 Å². The predicted octanol–water partition coefficient (Wildman–Crippen LogP) is 5.50. The molecule has 1 amide bonds. The van der Waals surface area contributed by atoms with E-state index >= 15 is 0 Å². The van der Waals surface area contributed by atoms with Crippen molar-refractivity contribution in [3.63, 3.8) is 0 Å². The first kappa shape index (κ1) is 36.2. The zero-order chi connectivity index (χ0) is 35.5. The van der Waals surface area contributed by atoms with Crippen LogP contribution >= 0.6 is 23.2 Å². The second-order valence-electron chi connectivity index (χ2n) is 11.6. The van der Waals surface area contributed by atoms with Gasteiger partial charge in [0.25, 0.3) is 5.91 Å². The van der Waals surface area contributed by atoms with Gasteiger partial charge in [0.2, 0.25) is 0 Å². The minimum atomic E-state index is -3.96. The molecule has 2 aromatic carbocycles. The lowest BCUT2D eigenvalue weighted by molar-refractivity contribution is -0.605. The molecule has 2 aliphatic rings.